The van der Waals surface area contributed by atoms with Gasteiger partial charge in [0.05, 0.1) is 29.6 Å². The first kappa shape index (κ1) is 36.7. The van der Waals surface area contributed by atoms with Crippen LogP contribution >= 0.6 is 0 Å². The van der Waals surface area contributed by atoms with Gasteiger partial charge in [-0.05, 0) is 93.1 Å². The van der Waals surface area contributed by atoms with Crippen molar-refractivity contribution >= 4 is 39.7 Å². The molecule has 2 aromatic heterocycles. The van der Waals surface area contributed by atoms with Gasteiger partial charge >= 0.3 is 18.2 Å². The second kappa shape index (κ2) is 13.6. The number of amides is 2. The van der Waals surface area contributed by atoms with Crippen LogP contribution in [0.3, 0.4) is 0 Å². The maximum absolute atomic E-state index is 17.5. The zero-order chi connectivity index (χ0) is 39.0. The van der Waals surface area contributed by atoms with Crippen molar-refractivity contribution in [3.63, 3.8) is 0 Å². The van der Waals surface area contributed by atoms with E-state index in [1.807, 2.05) is 0 Å². The molecule has 6 aliphatic rings. The SMILES string of the molecule is CC1(C)CN(C(=O)Oc2cc3c4c(c(F)ccc4c2)CCCOC(=O)NC2(C)CC(F)CN(C2)c2nc(OCC45CCCN4CCC5)nc4c(F)c-3ncc24)C1. The van der Waals surface area contributed by atoms with Crippen LogP contribution in [0.4, 0.5) is 28.6 Å². The van der Waals surface area contributed by atoms with Crippen molar-refractivity contribution in [2.75, 3.05) is 57.4 Å². The Balaban J connectivity index is 1.21. The van der Waals surface area contributed by atoms with E-state index in [-0.39, 0.29) is 95.2 Å². The lowest BCUT2D eigenvalue weighted by Crippen LogP contribution is -2.60. The summed E-state index contributed by atoms with van der Waals surface area (Å²) in [6.07, 6.45) is 3.21. The van der Waals surface area contributed by atoms with Crippen LogP contribution in [0.25, 0.3) is 32.9 Å². The summed E-state index contributed by atoms with van der Waals surface area (Å²) in [4.78, 5) is 46.0. The number of aryl methyl sites for hydroxylation is 1. The van der Waals surface area contributed by atoms with Gasteiger partial charge < -0.3 is 29.3 Å². The fourth-order valence-corrected chi connectivity index (χ4v) is 9.73. The van der Waals surface area contributed by atoms with Gasteiger partial charge in [-0.3, -0.25) is 9.88 Å². The monoisotopic (exact) mass is 773 g/mol. The first-order valence-electron chi connectivity index (χ1n) is 19.6. The molecule has 4 fully saturated rings. The van der Waals surface area contributed by atoms with Crippen molar-refractivity contribution in [2.45, 2.75) is 83.0 Å². The maximum atomic E-state index is 17.5. The van der Waals surface area contributed by atoms with E-state index in [9.17, 15) is 9.59 Å². The number of carbonyl (C=O) groups is 2. The Bertz CT molecular complexity index is 2240. The van der Waals surface area contributed by atoms with Gasteiger partial charge in [0.2, 0.25) is 0 Å². The maximum Gasteiger partial charge on any atom is 0.415 e. The number of nitrogens with one attached hydrogen (secondary N) is 1. The molecular weight excluding hydrogens is 727 g/mol. The number of fused-ring (bicyclic) bond motifs is 7. The summed E-state index contributed by atoms with van der Waals surface area (Å²) in [7, 11) is 0. The number of rotatable bonds is 4. The van der Waals surface area contributed by atoms with Crippen LogP contribution in [0.5, 0.6) is 11.8 Å². The van der Waals surface area contributed by atoms with Crippen molar-refractivity contribution in [3.05, 3.63) is 47.7 Å². The summed E-state index contributed by atoms with van der Waals surface area (Å²) >= 11 is 0. The normalized spacial score (nSPS) is 24.5. The van der Waals surface area contributed by atoms with Crippen LogP contribution in [-0.4, -0.2) is 107 Å². The molecule has 56 heavy (non-hydrogen) atoms. The number of hydrogen-bond acceptors (Lipinski definition) is 10. The minimum Gasteiger partial charge on any atom is -0.461 e. The molecule has 2 amide bonds. The minimum atomic E-state index is -1.37. The molecule has 10 rings (SSSR count). The van der Waals surface area contributed by atoms with E-state index in [1.165, 1.54) is 18.3 Å². The molecule has 0 spiro atoms. The Morgan fingerprint density at radius 2 is 1.84 bits per heavy atom. The molecule has 4 saturated heterocycles. The summed E-state index contributed by atoms with van der Waals surface area (Å²) in [5.41, 5.74) is -1.08. The van der Waals surface area contributed by atoms with Gasteiger partial charge in [0.1, 0.15) is 41.4 Å². The third-order valence-corrected chi connectivity index (χ3v) is 12.2. The lowest BCUT2D eigenvalue weighted by molar-refractivity contribution is 0.0394. The van der Waals surface area contributed by atoms with Crippen molar-refractivity contribution in [1.82, 2.24) is 30.1 Å². The predicted octanol–water partition coefficient (Wildman–Crippen LogP) is 6.95. The summed E-state index contributed by atoms with van der Waals surface area (Å²) in [5.74, 6) is -1.01. The highest BCUT2D eigenvalue weighted by atomic mass is 19.1. The van der Waals surface area contributed by atoms with E-state index in [2.05, 4.69) is 34.0 Å². The molecular formula is C41H46F3N7O5. The highest BCUT2D eigenvalue weighted by molar-refractivity contribution is 6.02. The highest BCUT2D eigenvalue weighted by Gasteiger charge is 2.45. The van der Waals surface area contributed by atoms with Crippen LogP contribution in [0.1, 0.15) is 64.9 Å². The smallest absolute Gasteiger partial charge is 0.415 e. The number of aromatic nitrogens is 3. The number of ether oxygens (including phenoxy) is 3. The van der Waals surface area contributed by atoms with E-state index in [0.29, 0.717) is 30.5 Å². The van der Waals surface area contributed by atoms with E-state index in [4.69, 9.17) is 19.2 Å². The Kier molecular flexibility index (Phi) is 8.93. The van der Waals surface area contributed by atoms with Crippen molar-refractivity contribution in [3.8, 4) is 23.0 Å². The van der Waals surface area contributed by atoms with Crippen molar-refractivity contribution in [2.24, 2.45) is 5.41 Å². The lowest BCUT2D eigenvalue weighted by atomic mass is 9.85. The Labute approximate surface area is 322 Å². The number of halogens is 3. The van der Waals surface area contributed by atoms with E-state index in [0.717, 1.165) is 38.8 Å². The molecule has 0 radical (unpaired) electrons. The van der Waals surface area contributed by atoms with Gasteiger partial charge in [0, 0.05) is 43.2 Å². The van der Waals surface area contributed by atoms with Crippen LogP contribution in [-0.2, 0) is 11.2 Å². The van der Waals surface area contributed by atoms with E-state index < -0.39 is 35.5 Å². The largest absolute Gasteiger partial charge is 0.461 e. The summed E-state index contributed by atoms with van der Waals surface area (Å²) in [5, 5.41) is 3.92. The molecule has 12 nitrogen and oxygen atoms in total. The molecule has 4 aromatic rings. The second-order valence-corrected chi connectivity index (χ2v) is 17.3. The Morgan fingerprint density at radius 1 is 1.05 bits per heavy atom. The molecule has 0 aliphatic carbocycles. The summed E-state index contributed by atoms with van der Waals surface area (Å²) in [6, 6.07) is 5.92. The van der Waals surface area contributed by atoms with E-state index in [1.54, 1.807) is 28.9 Å². The zero-order valence-electron chi connectivity index (χ0n) is 31.9. The highest BCUT2D eigenvalue weighted by Crippen LogP contribution is 2.42. The number of piperidine rings is 1. The van der Waals surface area contributed by atoms with E-state index >= 15 is 13.2 Å². The second-order valence-electron chi connectivity index (χ2n) is 17.3. The fourth-order valence-electron chi connectivity index (χ4n) is 9.73. The first-order chi connectivity index (χ1) is 26.8. The predicted molar refractivity (Wildman–Crippen MR) is 203 cm³/mol. The molecule has 6 aliphatic heterocycles. The topological polar surface area (TPSA) is 122 Å². The first-order valence-corrected chi connectivity index (χ1v) is 19.6. The molecule has 1 N–H and O–H groups in total. The van der Waals surface area contributed by atoms with Gasteiger partial charge in [-0.2, -0.15) is 9.97 Å². The van der Waals surface area contributed by atoms with Gasteiger partial charge in [-0.25, -0.2) is 22.8 Å². The summed E-state index contributed by atoms with van der Waals surface area (Å²) < 4.78 is 66.8. The van der Waals surface area contributed by atoms with Crippen LogP contribution in [0, 0.1) is 17.0 Å². The molecule has 0 saturated carbocycles. The summed E-state index contributed by atoms with van der Waals surface area (Å²) in [6.45, 7) is 9.16. The minimum absolute atomic E-state index is 0.0189. The number of alkyl carbamates (subject to hydrolysis) is 1. The van der Waals surface area contributed by atoms with Crippen LogP contribution in [0.15, 0.2) is 30.5 Å². The zero-order valence-corrected chi connectivity index (χ0v) is 31.9. The quantitative estimate of drug-likeness (QED) is 0.233. The van der Waals surface area contributed by atoms with Gasteiger partial charge in [0.25, 0.3) is 0 Å². The number of likely N-dealkylation sites (tertiary alicyclic amines) is 1. The average Bonchev–Trinajstić information content (AvgIpc) is 3.72. The number of alkyl halides is 1. The molecule has 8 heterocycles. The Hall–Kier alpha value is -4.92. The fraction of sp³-hybridized carbons (Fsp3) is 0.537. The van der Waals surface area contributed by atoms with Crippen molar-refractivity contribution < 1.29 is 37.0 Å². The molecule has 15 heteroatoms. The number of carbonyl (C=O) groups excluding carboxylic acids is 2. The molecule has 296 valence electrons. The van der Waals surface area contributed by atoms with Crippen LogP contribution < -0.4 is 19.7 Å². The lowest BCUT2D eigenvalue weighted by Gasteiger charge is -2.44. The molecule has 6 bridgehead atoms. The van der Waals surface area contributed by atoms with Gasteiger partial charge in [-0.15, -0.1) is 0 Å². The number of nitrogens with zero attached hydrogens (tertiary/aromatic N) is 6. The van der Waals surface area contributed by atoms with Crippen LogP contribution in [0.2, 0.25) is 0 Å². The van der Waals surface area contributed by atoms with Crippen molar-refractivity contribution in [1.29, 1.82) is 0 Å². The molecule has 2 aromatic carbocycles. The number of pyridine rings is 1. The average molecular weight is 774 g/mol. The number of anilines is 1. The van der Waals surface area contributed by atoms with Gasteiger partial charge in [-0.1, -0.05) is 19.9 Å². The van der Waals surface area contributed by atoms with Gasteiger partial charge in [0.15, 0.2) is 5.82 Å². The number of hydrogen-bond donors (Lipinski definition) is 1. The third-order valence-electron chi connectivity index (χ3n) is 12.2. The third kappa shape index (κ3) is 6.60. The standard InChI is InChI=1S/C41H46F3N7O5/c1-39(2)20-50(21-39)38(53)56-26-15-24-8-9-30(43)27-7-4-14-54-37(52)48-40(3)17-25(42)19-49(22-40)35-29-18-45-33(28(16-26)31(24)27)32(44)34(29)46-36(47-35)55-23-41-10-5-12-51(41)13-6-11-41/h8-9,15-16,18,25H,4-7,10-14,17,19-23H2,1-3H3,(H,48,52). The Morgan fingerprint density at radius 3 is 2.61 bits per heavy atom. The molecule has 2 atom stereocenters. The molecule has 2 unspecified atom stereocenters. The number of benzene rings is 2.